The van der Waals surface area contributed by atoms with Gasteiger partial charge in [-0.05, 0) is 47.4 Å². The average molecular weight is 418 g/mol. The first kappa shape index (κ1) is 19.2. The Labute approximate surface area is 145 Å². The Kier molecular flexibility index (Phi) is 7.43. The second-order valence-electron chi connectivity index (χ2n) is 4.81. The van der Waals surface area contributed by atoms with Gasteiger partial charge in [0.05, 0.1) is 5.02 Å². The van der Waals surface area contributed by atoms with Crippen LogP contribution >= 0.6 is 39.9 Å². The van der Waals surface area contributed by atoms with Gasteiger partial charge in [-0.1, -0.05) is 24.6 Å². The zero-order valence-corrected chi connectivity index (χ0v) is 15.7. The molecule has 4 nitrogen and oxygen atoms in total. The van der Waals surface area contributed by atoms with Crippen molar-refractivity contribution in [3.05, 3.63) is 27.7 Å². The van der Waals surface area contributed by atoms with Crippen LogP contribution in [0.5, 0.6) is 0 Å². The first-order chi connectivity index (χ1) is 9.48. The van der Waals surface area contributed by atoms with Gasteiger partial charge in [-0.25, -0.2) is 8.42 Å². The molecule has 0 radical (unpaired) electrons. The van der Waals surface area contributed by atoms with Gasteiger partial charge in [0.15, 0.2) is 0 Å². The first-order valence-corrected chi connectivity index (χ1v) is 9.26. The lowest BCUT2D eigenvalue weighted by atomic mass is 10.2. The van der Waals surface area contributed by atoms with E-state index in [0.717, 1.165) is 19.4 Å². The summed E-state index contributed by atoms with van der Waals surface area (Å²) in [6.07, 6.45) is 1.61. The van der Waals surface area contributed by atoms with E-state index in [2.05, 4.69) is 21.2 Å². The quantitative estimate of drug-likeness (QED) is 0.799. The van der Waals surface area contributed by atoms with Crippen LogP contribution in [0.4, 0.5) is 0 Å². The zero-order valence-electron chi connectivity index (χ0n) is 11.7. The van der Waals surface area contributed by atoms with Crippen molar-refractivity contribution >= 4 is 50.0 Å². The predicted octanol–water partition coefficient (Wildman–Crippen LogP) is 3.29. The van der Waals surface area contributed by atoms with Crippen molar-refractivity contribution in [1.82, 2.24) is 9.62 Å². The largest absolute Gasteiger partial charge is 0.315 e. The average Bonchev–Trinajstić information content (AvgIpc) is 2.88. The number of nitrogens with one attached hydrogen (secondary N) is 1. The van der Waals surface area contributed by atoms with Crippen molar-refractivity contribution in [2.24, 2.45) is 0 Å². The minimum atomic E-state index is -3.59. The Morgan fingerprint density at radius 2 is 2.19 bits per heavy atom. The molecule has 0 spiro atoms. The van der Waals surface area contributed by atoms with Gasteiger partial charge in [0, 0.05) is 23.6 Å². The van der Waals surface area contributed by atoms with Crippen LogP contribution in [0.2, 0.25) is 5.02 Å². The molecule has 1 unspecified atom stereocenters. The Balaban J connectivity index is 0.00000220. The molecule has 0 bridgehead atoms. The summed E-state index contributed by atoms with van der Waals surface area (Å²) in [5, 5.41) is 3.47. The molecule has 1 aliphatic rings. The molecule has 1 aliphatic heterocycles. The molecule has 2 rings (SSSR count). The van der Waals surface area contributed by atoms with Gasteiger partial charge < -0.3 is 5.32 Å². The highest BCUT2D eigenvalue weighted by Gasteiger charge is 2.34. The third-order valence-corrected chi connectivity index (χ3v) is 6.78. The van der Waals surface area contributed by atoms with E-state index in [0.29, 0.717) is 17.6 Å². The minimum absolute atomic E-state index is 0. The molecule has 1 aromatic rings. The molecule has 8 heteroatoms. The fourth-order valence-corrected chi connectivity index (χ4v) is 5.87. The normalized spacial score (nSPS) is 18.8. The maximum absolute atomic E-state index is 12.9. The van der Waals surface area contributed by atoms with E-state index in [1.807, 2.05) is 6.92 Å². The summed E-state index contributed by atoms with van der Waals surface area (Å²) in [5.41, 5.74) is 0. The van der Waals surface area contributed by atoms with Gasteiger partial charge in [-0.3, -0.25) is 0 Å². The van der Waals surface area contributed by atoms with E-state index in [1.165, 1.54) is 0 Å². The van der Waals surface area contributed by atoms with Gasteiger partial charge in [0.1, 0.15) is 4.90 Å². The van der Waals surface area contributed by atoms with Gasteiger partial charge >= 0.3 is 0 Å². The Hall–Kier alpha value is 0.150. The summed E-state index contributed by atoms with van der Waals surface area (Å²) in [6.45, 7) is 4.03. The van der Waals surface area contributed by atoms with Crippen LogP contribution in [0.1, 0.15) is 19.8 Å². The maximum Gasteiger partial charge on any atom is 0.245 e. The van der Waals surface area contributed by atoms with E-state index in [4.69, 9.17) is 11.6 Å². The smallest absolute Gasteiger partial charge is 0.245 e. The van der Waals surface area contributed by atoms with E-state index in [-0.39, 0.29) is 28.4 Å². The van der Waals surface area contributed by atoms with Crippen LogP contribution < -0.4 is 5.32 Å². The van der Waals surface area contributed by atoms with E-state index in [9.17, 15) is 8.42 Å². The van der Waals surface area contributed by atoms with Crippen LogP contribution in [-0.4, -0.2) is 38.4 Å². The van der Waals surface area contributed by atoms with Crippen LogP contribution in [0.25, 0.3) is 0 Å². The molecule has 0 saturated carbocycles. The van der Waals surface area contributed by atoms with Crippen molar-refractivity contribution in [3.8, 4) is 0 Å². The van der Waals surface area contributed by atoms with Gasteiger partial charge in [0.25, 0.3) is 0 Å². The molecular weight excluding hydrogens is 399 g/mol. The molecule has 1 N–H and O–H groups in total. The number of nitrogens with zero attached hydrogens (tertiary/aromatic N) is 1. The number of halogens is 3. The summed E-state index contributed by atoms with van der Waals surface area (Å²) >= 11 is 9.42. The molecular formula is C13H19BrCl2N2O2S. The molecule has 1 aromatic carbocycles. The molecule has 1 saturated heterocycles. The Morgan fingerprint density at radius 1 is 1.48 bits per heavy atom. The lowest BCUT2D eigenvalue weighted by molar-refractivity contribution is 0.335. The lowest BCUT2D eigenvalue weighted by Crippen LogP contribution is -2.42. The predicted molar refractivity (Wildman–Crippen MR) is 91.9 cm³/mol. The van der Waals surface area contributed by atoms with Crippen LogP contribution in [-0.2, 0) is 10.0 Å². The standard InChI is InChI=1S/C13H18BrClN2O2S.ClH/c1-2-8-17(10-6-7-16-9-10)20(18,19)13-11(14)4-3-5-12(13)15;/h3-5,10,16H,2,6-9H2,1H3;1H. The number of benzene rings is 1. The van der Waals surface area contributed by atoms with Crippen molar-refractivity contribution in [1.29, 1.82) is 0 Å². The number of sulfonamides is 1. The highest BCUT2D eigenvalue weighted by Crippen LogP contribution is 2.33. The summed E-state index contributed by atoms with van der Waals surface area (Å²) < 4.78 is 28.0. The molecule has 21 heavy (non-hydrogen) atoms. The second-order valence-corrected chi connectivity index (χ2v) is 7.90. The molecule has 0 amide bonds. The molecule has 0 aromatic heterocycles. The van der Waals surface area contributed by atoms with Crippen LogP contribution in [0.15, 0.2) is 27.6 Å². The maximum atomic E-state index is 12.9. The monoisotopic (exact) mass is 416 g/mol. The molecule has 0 aliphatic carbocycles. The summed E-state index contributed by atoms with van der Waals surface area (Å²) in [7, 11) is -3.59. The van der Waals surface area contributed by atoms with E-state index in [1.54, 1.807) is 22.5 Å². The number of rotatable bonds is 5. The third kappa shape index (κ3) is 4.12. The van der Waals surface area contributed by atoms with E-state index < -0.39 is 10.0 Å². The summed E-state index contributed by atoms with van der Waals surface area (Å²) in [5.74, 6) is 0. The molecule has 1 fully saturated rings. The number of hydrogen-bond acceptors (Lipinski definition) is 3. The second kappa shape index (κ2) is 8.13. The van der Waals surface area contributed by atoms with Crippen molar-refractivity contribution in [2.45, 2.75) is 30.7 Å². The van der Waals surface area contributed by atoms with Crippen molar-refractivity contribution in [3.63, 3.8) is 0 Å². The van der Waals surface area contributed by atoms with Crippen LogP contribution in [0, 0.1) is 0 Å². The Morgan fingerprint density at radius 3 is 2.71 bits per heavy atom. The Bertz CT molecular complexity index is 557. The minimum Gasteiger partial charge on any atom is -0.315 e. The first-order valence-electron chi connectivity index (χ1n) is 6.65. The zero-order chi connectivity index (χ0) is 14.8. The van der Waals surface area contributed by atoms with Crippen molar-refractivity contribution < 1.29 is 8.42 Å². The lowest BCUT2D eigenvalue weighted by Gasteiger charge is -2.28. The van der Waals surface area contributed by atoms with Crippen molar-refractivity contribution in [2.75, 3.05) is 19.6 Å². The fraction of sp³-hybridized carbons (Fsp3) is 0.538. The fourth-order valence-electron chi connectivity index (χ4n) is 2.45. The SMILES string of the molecule is CCCN(C1CCNC1)S(=O)(=O)c1c(Cl)cccc1Br.Cl. The highest BCUT2D eigenvalue weighted by molar-refractivity contribution is 9.10. The van der Waals surface area contributed by atoms with Gasteiger partial charge in [-0.15, -0.1) is 12.4 Å². The topological polar surface area (TPSA) is 49.4 Å². The molecule has 1 atom stereocenters. The number of hydrogen-bond donors (Lipinski definition) is 1. The third-order valence-electron chi connectivity index (χ3n) is 3.37. The van der Waals surface area contributed by atoms with E-state index >= 15 is 0 Å². The molecule has 120 valence electrons. The van der Waals surface area contributed by atoms with Gasteiger partial charge in [-0.2, -0.15) is 4.31 Å². The highest BCUT2D eigenvalue weighted by atomic mass is 79.9. The molecule has 1 heterocycles. The summed E-state index contributed by atoms with van der Waals surface area (Å²) in [6, 6.07) is 5.04. The summed E-state index contributed by atoms with van der Waals surface area (Å²) in [4.78, 5) is 0.169. The van der Waals surface area contributed by atoms with Crippen LogP contribution in [0.3, 0.4) is 0 Å². The van der Waals surface area contributed by atoms with Gasteiger partial charge in [0.2, 0.25) is 10.0 Å².